The second-order valence-corrected chi connectivity index (χ2v) is 4.73. The standard InChI is InChI=1S/C12H25N/c1-9(2)8-11(5)12(6)13(7)10(3)4/h9-11H,6,8H2,1-5,7H3. The highest BCUT2D eigenvalue weighted by atomic mass is 15.1. The Morgan fingerprint density at radius 2 is 1.62 bits per heavy atom. The van der Waals surface area contributed by atoms with Gasteiger partial charge in [-0.2, -0.15) is 0 Å². The number of rotatable bonds is 5. The number of hydrogen-bond acceptors (Lipinski definition) is 1. The van der Waals surface area contributed by atoms with Gasteiger partial charge in [0.2, 0.25) is 0 Å². The predicted molar refractivity (Wildman–Crippen MR) is 60.7 cm³/mol. The minimum atomic E-state index is 0.558. The van der Waals surface area contributed by atoms with Crippen molar-refractivity contribution in [1.29, 1.82) is 0 Å². The third-order valence-corrected chi connectivity index (χ3v) is 2.62. The lowest BCUT2D eigenvalue weighted by molar-refractivity contribution is 0.293. The molecule has 0 aromatic heterocycles. The van der Waals surface area contributed by atoms with Crippen LogP contribution in [0.3, 0.4) is 0 Å². The molecule has 13 heavy (non-hydrogen) atoms. The van der Waals surface area contributed by atoms with Crippen LogP contribution in [-0.4, -0.2) is 18.0 Å². The van der Waals surface area contributed by atoms with E-state index in [1.54, 1.807) is 0 Å². The number of nitrogens with zero attached hydrogens (tertiary/aromatic N) is 1. The van der Waals surface area contributed by atoms with E-state index in [2.05, 4.69) is 53.1 Å². The van der Waals surface area contributed by atoms with Crippen LogP contribution in [0.4, 0.5) is 0 Å². The molecule has 1 nitrogen and oxygen atoms in total. The maximum atomic E-state index is 4.15. The summed E-state index contributed by atoms with van der Waals surface area (Å²) in [6, 6.07) is 0.558. The van der Waals surface area contributed by atoms with Gasteiger partial charge in [0.05, 0.1) is 0 Å². The predicted octanol–water partition coefficient (Wildman–Crippen LogP) is 3.52. The molecule has 0 rings (SSSR count). The van der Waals surface area contributed by atoms with Crippen LogP contribution in [0.25, 0.3) is 0 Å². The molecule has 0 fully saturated rings. The molecule has 0 radical (unpaired) electrons. The monoisotopic (exact) mass is 183 g/mol. The number of hydrogen-bond donors (Lipinski definition) is 0. The van der Waals surface area contributed by atoms with Crippen molar-refractivity contribution in [2.45, 2.75) is 47.1 Å². The van der Waals surface area contributed by atoms with Gasteiger partial charge in [-0.1, -0.05) is 27.4 Å². The average Bonchev–Trinajstić information content (AvgIpc) is 2.00. The molecule has 0 saturated carbocycles. The van der Waals surface area contributed by atoms with Crippen LogP contribution in [0, 0.1) is 11.8 Å². The molecule has 0 N–H and O–H groups in total. The molecular formula is C12H25N. The molecule has 0 heterocycles. The third-order valence-electron chi connectivity index (χ3n) is 2.62. The van der Waals surface area contributed by atoms with E-state index in [1.165, 1.54) is 12.1 Å². The van der Waals surface area contributed by atoms with Gasteiger partial charge < -0.3 is 4.90 Å². The second-order valence-electron chi connectivity index (χ2n) is 4.73. The van der Waals surface area contributed by atoms with E-state index in [0.717, 1.165) is 5.92 Å². The molecule has 0 aliphatic rings. The molecule has 0 saturated heterocycles. The fourth-order valence-corrected chi connectivity index (χ4v) is 1.52. The van der Waals surface area contributed by atoms with Crippen LogP contribution in [0.5, 0.6) is 0 Å². The van der Waals surface area contributed by atoms with Crippen LogP contribution in [0.2, 0.25) is 0 Å². The van der Waals surface area contributed by atoms with Crippen molar-refractivity contribution in [3.8, 4) is 0 Å². The molecule has 0 bridgehead atoms. The summed E-state index contributed by atoms with van der Waals surface area (Å²) in [4.78, 5) is 2.27. The van der Waals surface area contributed by atoms with Crippen LogP contribution < -0.4 is 0 Å². The van der Waals surface area contributed by atoms with Gasteiger partial charge in [-0.15, -0.1) is 0 Å². The first-order valence-electron chi connectivity index (χ1n) is 5.27. The zero-order chi connectivity index (χ0) is 10.6. The Bertz CT molecular complexity index is 159. The van der Waals surface area contributed by atoms with Gasteiger partial charge in [0.15, 0.2) is 0 Å². The Morgan fingerprint density at radius 1 is 1.15 bits per heavy atom. The summed E-state index contributed by atoms with van der Waals surface area (Å²) in [6.45, 7) is 15.3. The van der Waals surface area contributed by atoms with Crippen LogP contribution >= 0.6 is 0 Å². The fourth-order valence-electron chi connectivity index (χ4n) is 1.52. The Kier molecular flexibility index (Phi) is 5.12. The zero-order valence-corrected chi connectivity index (χ0v) is 10.1. The lowest BCUT2D eigenvalue weighted by Crippen LogP contribution is -2.28. The van der Waals surface area contributed by atoms with Gasteiger partial charge in [0, 0.05) is 18.8 Å². The molecule has 1 heteroatoms. The molecule has 0 aliphatic carbocycles. The van der Waals surface area contributed by atoms with Crippen molar-refractivity contribution < 1.29 is 0 Å². The van der Waals surface area contributed by atoms with Gasteiger partial charge in [-0.3, -0.25) is 0 Å². The van der Waals surface area contributed by atoms with Crippen molar-refractivity contribution in [2.75, 3.05) is 7.05 Å². The summed E-state index contributed by atoms with van der Waals surface area (Å²) in [6.07, 6.45) is 1.23. The van der Waals surface area contributed by atoms with E-state index >= 15 is 0 Å². The minimum Gasteiger partial charge on any atom is -0.376 e. The van der Waals surface area contributed by atoms with Crippen molar-refractivity contribution >= 4 is 0 Å². The fraction of sp³-hybridized carbons (Fsp3) is 0.833. The second kappa shape index (κ2) is 5.31. The lowest BCUT2D eigenvalue weighted by Gasteiger charge is -2.30. The van der Waals surface area contributed by atoms with Crippen molar-refractivity contribution in [3.05, 3.63) is 12.3 Å². The van der Waals surface area contributed by atoms with Gasteiger partial charge in [-0.05, 0) is 32.1 Å². The van der Waals surface area contributed by atoms with Crippen LogP contribution in [0.1, 0.15) is 41.0 Å². The van der Waals surface area contributed by atoms with Crippen molar-refractivity contribution in [1.82, 2.24) is 4.90 Å². The van der Waals surface area contributed by atoms with Gasteiger partial charge in [0.25, 0.3) is 0 Å². The van der Waals surface area contributed by atoms with Crippen LogP contribution in [0.15, 0.2) is 12.3 Å². The van der Waals surface area contributed by atoms with Gasteiger partial charge >= 0.3 is 0 Å². The summed E-state index contributed by atoms with van der Waals surface area (Å²) in [5, 5.41) is 0. The highest BCUT2D eigenvalue weighted by Crippen LogP contribution is 2.21. The maximum absolute atomic E-state index is 4.15. The Balaban J connectivity index is 4.09. The zero-order valence-electron chi connectivity index (χ0n) is 10.1. The molecule has 1 unspecified atom stereocenters. The molecule has 0 aromatic carbocycles. The molecular weight excluding hydrogens is 158 g/mol. The summed E-state index contributed by atoms with van der Waals surface area (Å²) >= 11 is 0. The largest absolute Gasteiger partial charge is 0.376 e. The average molecular weight is 183 g/mol. The SMILES string of the molecule is C=C(C(C)CC(C)C)N(C)C(C)C. The van der Waals surface area contributed by atoms with Gasteiger partial charge in [-0.25, -0.2) is 0 Å². The quantitative estimate of drug-likeness (QED) is 0.630. The Hall–Kier alpha value is -0.460. The molecule has 0 spiro atoms. The molecule has 0 aromatic rings. The summed E-state index contributed by atoms with van der Waals surface area (Å²) in [5.74, 6) is 1.36. The number of allylic oxidation sites excluding steroid dienone is 1. The van der Waals surface area contributed by atoms with Crippen LogP contribution in [-0.2, 0) is 0 Å². The van der Waals surface area contributed by atoms with E-state index in [9.17, 15) is 0 Å². The first-order chi connectivity index (χ1) is 5.86. The molecule has 1 atom stereocenters. The van der Waals surface area contributed by atoms with E-state index in [0.29, 0.717) is 12.0 Å². The van der Waals surface area contributed by atoms with E-state index in [1.807, 2.05) is 0 Å². The van der Waals surface area contributed by atoms with E-state index in [4.69, 9.17) is 0 Å². The van der Waals surface area contributed by atoms with Crippen molar-refractivity contribution in [2.24, 2.45) is 11.8 Å². The summed E-state index contributed by atoms with van der Waals surface area (Å²) in [7, 11) is 2.13. The third kappa shape index (κ3) is 4.35. The molecule has 78 valence electrons. The van der Waals surface area contributed by atoms with E-state index < -0.39 is 0 Å². The molecule has 0 aliphatic heterocycles. The lowest BCUT2D eigenvalue weighted by atomic mass is 9.95. The first kappa shape index (κ1) is 12.5. The Morgan fingerprint density at radius 3 is 1.92 bits per heavy atom. The van der Waals surface area contributed by atoms with Gasteiger partial charge in [0.1, 0.15) is 0 Å². The summed E-state index contributed by atoms with van der Waals surface area (Å²) in [5.41, 5.74) is 1.27. The normalized spacial score (nSPS) is 13.5. The van der Waals surface area contributed by atoms with Crippen molar-refractivity contribution in [3.63, 3.8) is 0 Å². The minimum absolute atomic E-state index is 0.558. The Labute approximate surface area is 83.8 Å². The van der Waals surface area contributed by atoms with E-state index in [-0.39, 0.29) is 0 Å². The maximum Gasteiger partial charge on any atom is 0.0227 e. The smallest absolute Gasteiger partial charge is 0.0227 e. The first-order valence-corrected chi connectivity index (χ1v) is 5.27. The molecule has 0 amide bonds. The topological polar surface area (TPSA) is 3.24 Å². The highest BCUT2D eigenvalue weighted by molar-refractivity contribution is 4.98. The summed E-state index contributed by atoms with van der Waals surface area (Å²) < 4.78 is 0. The highest BCUT2D eigenvalue weighted by Gasteiger charge is 2.14.